The minimum atomic E-state index is -1.01. The second-order valence-corrected chi connectivity index (χ2v) is 9.27. The summed E-state index contributed by atoms with van der Waals surface area (Å²) in [5.74, 6) is 7.43. The lowest BCUT2D eigenvalue weighted by molar-refractivity contribution is -0.139. The Balaban J connectivity index is 1.58. The van der Waals surface area contributed by atoms with E-state index in [0.29, 0.717) is 24.7 Å². The Labute approximate surface area is 223 Å². The topological polar surface area (TPSA) is 72.1 Å². The highest BCUT2D eigenvalue weighted by Crippen LogP contribution is 2.29. The van der Waals surface area contributed by atoms with Crippen LogP contribution >= 0.6 is 0 Å². The number of nitrogens with zero attached hydrogens (tertiary/aromatic N) is 1. The molecule has 0 fully saturated rings. The van der Waals surface area contributed by atoms with Crippen molar-refractivity contribution in [3.8, 4) is 23.3 Å². The summed E-state index contributed by atoms with van der Waals surface area (Å²) in [5, 5.41) is 9.89. The third kappa shape index (κ3) is 7.06. The van der Waals surface area contributed by atoms with Crippen molar-refractivity contribution in [2.24, 2.45) is 0 Å². The van der Waals surface area contributed by atoms with Crippen LogP contribution in [0.5, 0.6) is 11.5 Å². The Hall–Kier alpha value is -4.47. The van der Waals surface area contributed by atoms with E-state index in [1.165, 1.54) is 0 Å². The van der Waals surface area contributed by atoms with E-state index in [-0.39, 0.29) is 6.61 Å². The molecule has 6 heteroatoms. The van der Waals surface area contributed by atoms with E-state index in [9.17, 15) is 4.79 Å². The molecule has 0 saturated carbocycles. The molecule has 1 aromatic heterocycles. The highest BCUT2D eigenvalue weighted by molar-refractivity contribution is 5.87. The predicted octanol–water partition coefficient (Wildman–Crippen LogP) is 5.94. The van der Waals surface area contributed by atoms with Crippen LogP contribution in [0.1, 0.15) is 28.0 Å². The summed E-state index contributed by atoms with van der Waals surface area (Å²) < 4.78 is 17.1. The summed E-state index contributed by atoms with van der Waals surface area (Å²) in [6.07, 6.45) is 2.06. The largest absolute Gasteiger partial charge is 0.489 e. The number of furan rings is 1. The minimum absolute atomic E-state index is 0.344. The molecule has 1 N–H and O–H groups in total. The fourth-order valence-corrected chi connectivity index (χ4v) is 4.01. The smallest absolute Gasteiger partial charge is 0.341 e. The molecular weight excluding hydrogens is 478 g/mol. The lowest BCUT2D eigenvalue weighted by atomic mass is 9.96. The highest BCUT2D eigenvalue weighted by atomic mass is 16.5. The third-order valence-electron chi connectivity index (χ3n) is 5.81. The summed E-state index contributed by atoms with van der Waals surface area (Å²) in [4.78, 5) is 12.8. The average molecular weight is 510 g/mol. The van der Waals surface area contributed by atoms with Crippen molar-refractivity contribution in [1.29, 1.82) is 0 Å². The van der Waals surface area contributed by atoms with Crippen LogP contribution in [0.3, 0.4) is 0 Å². The number of ether oxygens (including phenoxy) is 2. The first-order valence-electron chi connectivity index (χ1n) is 12.3. The number of fused-ring (bicyclic) bond motifs is 1. The van der Waals surface area contributed by atoms with E-state index in [1.807, 2.05) is 63.2 Å². The first kappa shape index (κ1) is 26.6. The average Bonchev–Trinajstić information content (AvgIpc) is 3.25. The van der Waals surface area contributed by atoms with E-state index < -0.39 is 5.97 Å². The van der Waals surface area contributed by atoms with Gasteiger partial charge in [-0.3, -0.25) is 4.90 Å². The van der Waals surface area contributed by atoms with Crippen LogP contribution in [-0.2, 0) is 4.79 Å². The number of carbonyl (C=O) groups is 1. The van der Waals surface area contributed by atoms with Crippen LogP contribution in [0.15, 0.2) is 77.2 Å². The van der Waals surface area contributed by atoms with E-state index in [0.717, 1.165) is 44.6 Å². The first-order chi connectivity index (χ1) is 18.3. The molecule has 0 saturated heterocycles. The van der Waals surface area contributed by atoms with Crippen molar-refractivity contribution in [2.75, 3.05) is 33.9 Å². The molecule has 4 aromatic rings. The molecule has 0 atom stereocenters. The quantitative estimate of drug-likeness (QED) is 0.282. The molecule has 0 unspecified atom stereocenters. The molecule has 0 spiro atoms. The molecule has 0 aliphatic rings. The van der Waals surface area contributed by atoms with Gasteiger partial charge in [0.2, 0.25) is 0 Å². The normalized spacial score (nSPS) is 11.3. The van der Waals surface area contributed by atoms with Crippen LogP contribution in [0.4, 0.5) is 0 Å². The number of carboxylic acids is 1. The molecule has 4 rings (SSSR count). The summed E-state index contributed by atoms with van der Waals surface area (Å²) in [5.41, 5.74) is 5.78. The molecule has 3 aromatic carbocycles. The van der Waals surface area contributed by atoms with E-state index in [1.54, 1.807) is 12.1 Å². The molecule has 194 valence electrons. The van der Waals surface area contributed by atoms with Crippen LogP contribution in [0, 0.1) is 25.7 Å². The number of hydrogen-bond donors (Lipinski definition) is 1. The van der Waals surface area contributed by atoms with Gasteiger partial charge >= 0.3 is 5.97 Å². The Morgan fingerprint density at radius 3 is 2.45 bits per heavy atom. The van der Waals surface area contributed by atoms with E-state index in [4.69, 9.17) is 19.0 Å². The number of aliphatic carboxylic acids is 1. The number of carboxylic acid groups (broad SMARTS) is 1. The van der Waals surface area contributed by atoms with Crippen molar-refractivity contribution >= 4 is 22.5 Å². The third-order valence-corrected chi connectivity index (χ3v) is 5.81. The fourth-order valence-electron chi connectivity index (χ4n) is 4.01. The maximum Gasteiger partial charge on any atom is 0.341 e. The van der Waals surface area contributed by atoms with Crippen molar-refractivity contribution in [2.45, 2.75) is 13.8 Å². The second-order valence-electron chi connectivity index (χ2n) is 9.27. The number of hydrogen-bond acceptors (Lipinski definition) is 5. The van der Waals surface area contributed by atoms with Gasteiger partial charge in [0.05, 0.1) is 6.54 Å². The Morgan fingerprint density at radius 1 is 0.974 bits per heavy atom. The first-order valence-corrected chi connectivity index (χ1v) is 12.3. The fraction of sp³-hybridized carbons (Fsp3) is 0.219. The van der Waals surface area contributed by atoms with Gasteiger partial charge in [-0.25, -0.2) is 4.79 Å². The minimum Gasteiger partial charge on any atom is -0.489 e. The van der Waals surface area contributed by atoms with Crippen LogP contribution in [0.2, 0.25) is 0 Å². The second kappa shape index (κ2) is 12.2. The van der Waals surface area contributed by atoms with Gasteiger partial charge in [0.25, 0.3) is 0 Å². The lowest BCUT2D eigenvalue weighted by Crippen LogP contribution is -2.10. The number of benzene rings is 3. The molecule has 1 heterocycles. The maximum absolute atomic E-state index is 10.8. The van der Waals surface area contributed by atoms with Gasteiger partial charge in [-0.05, 0) is 105 Å². The predicted molar refractivity (Wildman–Crippen MR) is 150 cm³/mol. The van der Waals surface area contributed by atoms with E-state index in [2.05, 4.69) is 42.2 Å². The van der Waals surface area contributed by atoms with Crippen molar-refractivity contribution in [3.05, 3.63) is 101 Å². The molecular formula is C32H31NO5. The number of rotatable bonds is 9. The molecule has 0 amide bonds. The van der Waals surface area contributed by atoms with Gasteiger partial charge in [-0.1, -0.05) is 30.0 Å². The Kier molecular flexibility index (Phi) is 8.52. The van der Waals surface area contributed by atoms with Gasteiger partial charge in [0.1, 0.15) is 29.4 Å². The van der Waals surface area contributed by atoms with Crippen LogP contribution in [-0.4, -0.2) is 49.8 Å². The number of aryl methyl sites for hydroxylation is 2. The summed E-state index contributed by atoms with van der Waals surface area (Å²) in [6.45, 7) is 4.47. The molecule has 38 heavy (non-hydrogen) atoms. The van der Waals surface area contributed by atoms with E-state index >= 15 is 0 Å². The molecule has 0 radical (unpaired) electrons. The Bertz CT molecular complexity index is 1520. The molecule has 0 aliphatic carbocycles. The zero-order chi connectivity index (χ0) is 27.1. The van der Waals surface area contributed by atoms with Gasteiger partial charge in [0.15, 0.2) is 6.61 Å². The molecule has 0 aliphatic heterocycles. The SMILES string of the molecule is Cc1cc2cc(/C(=C\COc3ccc(OCC(=O)O)c(C)c3)c3ccc(C#CCN(C)C)cc3)ccc2o1. The molecule has 6 nitrogen and oxygen atoms in total. The van der Waals surface area contributed by atoms with Crippen LogP contribution in [0.25, 0.3) is 16.5 Å². The van der Waals surface area contributed by atoms with Crippen molar-refractivity contribution in [3.63, 3.8) is 0 Å². The van der Waals surface area contributed by atoms with Crippen molar-refractivity contribution in [1.82, 2.24) is 4.90 Å². The van der Waals surface area contributed by atoms with Gasteiger partial charge in [-0.2, -0.15) is 0 Å². The molecule has 0 bridgehead atoms. The zero-order valence-corrected chi connectivity index (χ0v) is 22.1. The Morgan fingerprint density at radius 2 is 1.74 bits per heavy atom. The van der Waals surface area contributed by atoms with Gasteiger partial charge in [0, 0.05) is 10.9 Å². The lowest BCUT2D eigenvalue weighted by Gasteiger charge is -2.12. The summed E-state index contributed by atoms with van der Waals surface area (Å²) in [6, 6.07) is 21.8. The van der Waals surface area contributed by atoms with Crippen LogP contribution < -0.4 is 9.47 Å². The summed E-state index contributed by atoms with van der Waals surface area (Å²) in [7, 11) is 4.00. The monoisotopic (exact) mass is 509 g/mol. The van der Waals surface area contributed by atoms with Crippen molar-refractivity contribution < 1.29 is 23.8 Å². The maximum atomic E-state index is 10.8. The van der Waals surface area contributed by atoms with Gasteiger partial charge < -0.3 is 19.0 Å². The standard InChI is InChI=1S/C32H31NO5/c1-22-18-28(12-14-30(22)37-21-32(34)35)36-17-15-29(26-11-13-31-27(20-26)19-23(2)38-31)25-9-7-24(8-10-25)6-5-16-33(3)4/h7-15,18-20H,16-17,21H2,1-4H3,(H,34,35)/b29-15-. The highest BCUT2D eigenvalue weighted by Gasteiger charge is 2.10. The van der Waals surface area contributed by atoms with Gasteiger partial charge in [-0.15, -0.1) is 0 Å². The zero-order valence-electron chi connectivity index (χ0n) is 22.1. The summed E-state index contributed by atoms with van der Waals surface area (Å²) >= 11 is 0.